The molecule has 0 aromatic heterocycles. The molecule has 3 nitrogen and oxygen atoms in total. The van der Waals surface area contributed by atoms with E-state index in [2.05, 4.69) is 30.9 Å². The molecule has 124 valence electrons. The molecule has 3 heteroatoms. The van der Waals surface area contributed by atoms with Crippen molar-refractivity contribution in [3.8, 4) is 11.8 Å². The van der Waals surface area contributed by atoms with Crippen LogP contribution in [0, 0.1) is 11.8 Å². The summed E-state index contributed by atoms with van der Waals surface area (Å²) in [5.41, 5.74) is 7.09. The molecule has 1 aromatic carbocycles. The van der Waals surface area contributed by atoms with Gasteiger partial charge in [0, 0.05) is 12.0 Å². The molecule has 3 N–H and O–H groups in total. The van der Waals surface area contributed by atoms with Gasteiger partial charge in [-0.3, -0.25) is 4.79 Å². The van der Waals surface area contributed by atoms with E-state index in [4.69, 9.17) is 5.73 Å². The number of rotatable bonds is 6. The molecule has 0 saturated heterocycles. The maximum absolute atomic E-state index is 11.3. The lowest BCUT2D eigenvalue weighted by Crippen LogP contribution is -2.45. The van der Waals surface area contributed by atoms with Crippen molar-refractivity contribution in [2.45, 2.75) is 69.7 Å². The molecule has 2 rings (SSSR count). The molecular weight excluding hydrogens is 286 g/mol. The summed E-state index contributed by atoms with van der Waals surface area (Å²) in [6.45, 7) is 2.21. The SMILES string of the molecule is CCCCCCC#Cc1cccc(C2CCC(N)(C(=O)O)C2)c1. The number of hydrogen-bond acceptors (Lipinski definition) is 2. The molecule has 1 fully saturated rings. The van der Waals surface area contributed by atoms with E-state index in [9.17, 15) is 9.90 Å². The van der Waals surface area contributed by atoms with Gasteiger partial charge in [0.1, 0.15) is 5.54 Å². The Morgan fingerprint density at radius 3 is 2.91 bits per heavy atom. The third kappa shape index (κ3) is 4.84. The second-order valence-corrected chi connectivity index (χ2v) is 6.64. The fourth-order valence-electron chi connectivity index (χ4n) is 3.23. The molecule has 2 atom stereocenters. The lowest BCUT2D eigenvalue weighted by Gasteiger charge is -2.18. The first-order chi connectivity index (χ1) is 11.0. The zero-order valence-electron chi connectivity index (χ0n) is 14.0. The highest BCUT2D eigenvalue weighted by Gasteiger charge is 2.42. The van der Waals surface area contributed by atoms with Crippen LogP contribution in [0.25, 0.3) is 0 Å². The Kier molecular flexibility index (Phi) is 6.24. The van der Waals surface area contributed by atoms with Gasteiger partial charge in [-0.15, -0.1) is 0 Å². The molecule has 1 aliphatic carbocycles. The molecule has 0 amide bonds. The average Bonchev–Trinajstić information content (AvgIpc) is 2.95. The number of unbranched alkanes of at least 4 members (excludes halogenated alkanes) is 4. The maximum atomic E-state index is 11.3. The maximum Gasteiger partial charge on any atom is 0.323 e. The highest BCUT2D eigenvalue weighted by atomic mass is 16.4. The van der Waals surface area contributed by atoms with Crippen molar-refractivity contribution in [3.05, 3.63) is 35.4 Å². The van der Waals surface area contributed by atoms with Crippen LogP contribution < -0.4 is 5.73 Å². The van der Waals surface area contributed by atoms with Crippen LogP contribution >= 0.6 is 0 Å². The zero-order chi connectivity index (χ0) is 16.7. The minimum absolute atomic E-state index is 0.224. The van der Waals surface area contributed by atoms with E-state index in [1.165, 1.54) is 19.3 Å². The molecule has 0 heterocycles. The summed E-state index contributed by atoms with van der Waals surface area (Å²) in [5.74, 6) is 5.81. The summed E-state index contributed by atoms with van der Waals surface area (Å²) in [6.07, 6.45) is 7.77. The number of carbonyl (C=O) groups is 1. The normalized spacial score (nSPS) is 23.3. The van der Waals surface area contributed by atoms with Crippen molar-refractivity contribution in [3.63, 3.8) is 0 Å². The van der Waals surface area contributed by atoms with Gasteiger partial charge in [-0.05, 0) is 49.3 Å². The third-order valence-electron chi connectivity index (χ3n) is 4.72. The van der Waals surface area contributed by atoms with Gasteiger partial charge in [-0.1, -0.05) is 50.2 Å². The van der Waals surface area contributed by atoms with Crippen molar-refractivity contribution < 1.29 is 9.90 Å². The Hall–Kier alpha value is -1.79. The van der Waals surface area contributed by atoms with Crippen LogP contribution in [0.5, 0.6) is 0 Å². The van der Waals surface area contributed by atoms with Gasteiger partial charge in [0.15, 0.2) is 0 Å². The Labute approximate surface area is 139 Å². The van der Waals surface area contributed by atoms with Crippen molar-refractivity contribution in [2.24, 2.45) is 5.73 Å². The van der Waals surface area contributed by atoms with Crippen LogP contribution in [0.3, 0.4) is 0 Å². The van der Waals surface area contributed by atoms with Gasteiger partial charge in [0.2, 0.25) is 0 Å². The lowest BCUT2D eigenvalue weighted by molar-refractivity contribution is -0.143. The van der Waals surface area contributed by atoms with Crippen LogP contribution in [-0.2, 0) is 4.79 Å². The van der Waals surface area contributed by atoms with Gasteiger partial charge in [-0.25, -0.2) is 0 Å². The molecule has 2 unspecified atom stereocenters. The topological polar surface area (TPSA) is 63.3 Å². The number of carboxylic acid groups (broad SMARTS) is 1. The minimum Gasteiger partial charge on any atom is -0.480 e. The van der Waals surface area contributed by atoms with Crippen molar-refractivity contribution in [1.82, 2.24) is 0 Å². The molecule has 1 aromatic rings. The Bertz CT molecular complexity index is 599. The summed E-state index contributed by atoms with van der Waals surface area (Å²) in [6, 6.07) is 8.18. The van der Waals surface area contributed by atoms with Gasteiger partial charge < -0.3 is 10.8 Å². The predicted molar refractivity (Wildman–Crippen MR) is 93.2 cm³/mol. The summed E-state index contributed by atoms with van der Waals surface area (Å²) < 4.78 is 0. The van der Waals surface area contributed by atoms with E-state index in [0.29, 0.717) is 12.8 Å². The largest absolute Gasteiger partial charge is 0.480 e. The van der Waals surface area contributed by atoms with E-state index < -0.39 is 11.5 Å². The van der Waals surface area contributed by atoms with Gasteiger partial charge in [0.05, 0.1) is 0 Å². The number of carboxylic acids is 1. The van der Waals surface area contributed by atoms with Crippen LogP contribution in [0.1, 0.15) is 75.3 Å². The van der Waals surface area contributed by atoms with Crippen LogP contribution in [-0.4, -0.2) is 16.6 Å². The quantitative estimate of drug-likeness (QED) is 0.615. The molecule has 1 aliphatic rings. The van der Waals surface area contributed by atoms with Gasteiger partial charge in [0.25, 0.3) is 0 Å². The fourth-order valence-corrected chi connectivity index (χ4v) is 3.23. The third-order valence-corrected chi connectivity index (χ3v) is 4.72. The molecule has 1 saturated carbocycles. The highest BCUT2D eigenvalue weighted by molar-refractivity contribution is 5.79. The monoisotopic (exact) mass is 313 g/mol. The molecule has 0 spiro atoms. The first-order valence-electron chi connectivity index (χ1n) is 8.66. The fraction of sp³-hybridized carbons (Fsp3) is 0.550. The lowest BCUT2D eigenvalue weighted by atomic mass is 9.92. The first kappa shape index (κ1) is 17.6. The first-order valence-corrected chi connectivity index (χ1v) is 8.66. The molecule has 0 bridgehead atoms. The summed E-state index contributed by atoms with van der Waals surface area (Å²) in [7, 11) is 0. The van der Waals surface area contributed by atoms with Gasteiger partial charge >= 0.3 is 5.97 Å². The highest BCUT2D eigenvalue weighted by Crippen LogP contribution is 2.39. The Balaban J connectivity index is 1.96. The van der Waals surface area contributed by atoms with Crippen LogP contribution in [0.4, 0.5) is 0 Å². The van der Waals surface area contributed by atoms with E-state index in [0.717, 1.165) is 30.4 Å². The smallest absolute Gasteiger partial charge is 0.323 e. The number of hydrogen-bond donors (Lipinski definition) is 2. The summed E-state index contributed by atoms with van der Waals surface area (Å²) >= 11 is 0. The molecule has 0 aliphatic heterocycles. The minimum atomic E-state index is -1.06. The second kappa shape index (κ2) is 8.17. The van der Waals surface area contributed by atoms with Crippen molar-refractivity contribution >= 4 is 5.97 Å². The zero-order valence-corrected chi connectivity index (χ0v) is 14.0. The summed E-state index contributed by atoms with van der Waals surface area (Å²) in [5, 5.41) is 9.25. The molecule has 23 heavy (non-hydrogen) atoms. The Morgan fingerprint density at radius 1 is 1.39 bits per heavy atom. The van der Waals surface area contributed by atoms with Gasteiger partial charge in [-0.2, -0.15) is 0 Å². The van der Waals surface area contributed by atoms with E-state index >= 15 is 0 Å². The number of benzene rings is 1. The van der Waals surface area contributed by atoms with E-state index in [1.54, 1.807) is 0 Å². The van der Waals surface area contributed by atoms with Crippen molar-refractivity contribution in [2.75, 3.05) is 0 Å². The standard InChI is InChI=1S/C20H27NO2/c1-2-3-4-5-6-7-9-16-10-8-11-17(14-16)18-12-13-20(21,15-18)19(22)23/h8,10-11,14,18H,2-6,12-13,15,21H2,1H3,(H,22,23). The van der Waals surface area contributed by atoms with Crippen LogP contribution in [0.15, 0.2) is 24.3 Å². The number of nitrogens with two attached hydrogens (primary N) is 1. The predicted octanol–water partition coefficient (Wildman–Crippen LogP) is 4.06. The van der Waals surface area contributed by atoms with E-state index in [-0.39, 0.29) is 5.92 Å². The van der Waals surface area contributed by atoms with Crippen LogP contribution in [0.2, 0.25) is 0 Å². The number of aliphatic carboxylic acids is 1. The average molecular weight is 313 g/mol. The van der Waals surface area contributed by atoms with E-state index in [1.807, 2.05) is 12.1 Å². The van der Waals surface area contributed by atoms with Crippen molar-refractivity contribution in [1.29, 1.82) is 0 Å². The second-order valence-electron chi connectivity index (χ2n) is 6.64. The Morgan fingerprint density at radius 2 is 2.22 bits per heavy atom. The summed E-state index contributed by atoms with van der Waals surface area (Å²) in [4.78, 5) is 11.3. The molecule has 0 radical (unpaired) electrons. The molecular formula is C20H27NO2.